The summed E-state index contributed by atoms with van der Waals surface area (Å²) < 4.78 is 11.9. The first-order valence-electron chi connectivity index (χ1n) is 9.60. The zero-order valence-electron chi connectivity index (χ0n) is 16.7. The second-order valence-corrected chi connectivity index (χ2v) is 13.4. The molecule has 0 heterocycles. The molecule has 1 aromatic rings. The Bertz CT molecular complexity index is 589. The SMILES string of the molecule is CCOC(=O)c1cccc([C@@H]2CCCC[C@H]2O[Si](C)(C)C(C)(C)C)c1. The molecule has 0 radical (unpaired) electrons. The summed E-state index contributed by atoms with van der Waals surface area (Å²) in [7, 11) is -1.81. The minimum Gasteiger partial charge on any atom is -0.462 e. The van der Waals surface area contributed by atoms with E-state index in [4.69, 9.17) is 9.16 Å². The Morgan fingerprint density at radius 2 is 1.88 bits per heavy atom. The van der Waals surface area contributed by atoms with E-state index < -0.39 is 8.32 Å². The zero-order chi connectivity index (χ0) is 18.7. The van der Waals surface area contributed by atoms with Gasteiger partial charge < -0.3 is 9.16 Å². The van der Waals surface area contributed by atoms with Gasteiger partial charge in [0.1, 0.15) is 0 Å². The fraction of sp³-hybridized carbons (Fsp3) is 0.667. The van der Waals surface area contributed by atoms with Gasteiger partial charge in [0, 0.05) is 5.92 Å². The van der Waals surface area contributed by atoms with Crippen molar-refractivity contribution in [3.8, 4) is 0 Å². The van der Waals surface area contributed by atoms with Crippen molar-refractivity contribution in [1.82, 2.24) is 0 Å². The Morgan fingerprint density at radius 3 is 2.52 bits per heavy atom. The van der Waals surface area contributed by atoms with E-state index in [1.54, 1.807) is 0 Å². The van der Waals surface area contributed by atoms with Crippen LogP contribution in [0.5, 0.6) is 0 Å². The maximum absolute atomic E-state index is 12.1. The third-order valence-corrected chi connectivity index (χ3v) is 10.3. The van der Waals surface area contributed by atoms with E-state index in [1.807, 2.05) is 25.1 Å². The molecule has 1 aromatic carbocycles. The number of hydrogen-bond acceptors (Lipinski definition) is 3. The first-order chi connectivity index (χ1) is 11.7. The lowest BCUT2D eigenvalue weighted by Gasteiger charge is -2.43. The highest BCUT2D eigenvalue weighted by Gasteiger charge is 2.41. The summed E-state index contributed by atoms with van der Waals surface area (Å²) in [6, 6.07) is 7.96. The largest absolute Gasteiger partial charge is 0.462 e. The molecule has 1 aliphatic carbocycles. The molecule has 1 saturated carbocycles. The Morgan fingerprint density at radius 1 is 1.20 bits per heavy atom. The van der Waals surface area contributed by atoms with Crippen LogP contribution in [0, 0.1) is 0 Å². The van der Waals surface area contributed by atoms with Crippen LogP contribution in [-0.4, -0.2) is 27.0 Å². The van der Waals surface area contributed by atoms with Crippen molar-refractivity contribution in [2.45, 2.75) is 83.5 Å². The quantitative estimate of drug-likeness (QED) is 0.482. The summed E-state index contributed by atoms with van der Waals surface area (Å²) in [6.07, 6.45) is 4.96. The highest BCUT2D eigenvalue weighted by molar-refractivity contribution is 6.74. The normalized spacial score (nSPS) is 21.8. The minimum absolute atomic E-state index is 0.210. The van der Waals surface area contributed by atoms with Crippen molar-refractivity contribution < 1.29 is 14.0 Å². The van der Waals surface area contributed by atoms with Gasteiger partial charge >= 0.3 is 5.97 Å². The number of carbonyl (C=O) groups is 1. The van der Waals surface area contributed by atoms with Gasteiger partial charge in [0.2, 0.25) is 0 Å². The molecule has 2 atom stereocenters. The number of ether oxygens (including phenoxy) is 1. The Labute approximate surface area is 154 Å². The third-order valence-electron chi connectivity index (χ3n) is 5.78. The fourth-order valence-corrected chi connectivity index (χ4v) is 4.68. The lowest BCUT2D eigenvalue weighted by Crippen LogP contribution is -2.46. The summed E-state index contributed by atoms with van der Waals surface area (Å²) in [4.78, 5) is 12.1. The predicted octanol–water partition coefficient (Wildman–Crippen LogP) is 5.91. The van der Waals surface area contributed by atoms with Crippen molar-refractivity contribution in [3.05, 3.63) is 35.4 Å². The van der Waals surface area contributed by atoms with Gasteiger partial charge in [-0.1, -0.05) is 45.7 Å². The van der Waals surface area contributed by atoms with Gasteiger partial charge in [0.05, 0.1) is 18.3 Å². The van der Waals surface area contributed by atoms with Crippen LogP contribution in [0.25, 0.3) is 0 Å². The molecule has 0 bridgehead atoms. The summed E-state index contributed by atoms with van der Waals surface area (Å²) in [5, 5.41) is 0.210. The van der Waals surface area contributed by atoms with Gasteiger partial charge in [-0.2, -0.15) is 0 Å². The van der Waals surface area contributed by atoms with Crippen LogP contribution in [0.4, 0.5) is 0 Å². The Kier molecular flexibility index (Phi) is 6.49. The van der Waals surface area contributed by atoms with E-state index in [0.29, 0.717) is 18.1 Å². The second kappa shape index (κ2) is 8.04. The smallest absolute Gasteiger partial charge is 0.338 e. The molecule has 0 saturated heterocycles. The van der Waals surface area contributed by atoms with Crippen LogP contribution in [0.3, 0.4) is 0 Å². The van der Waals surface area contributed by atoms with Crippen molar-refractivity contribution in [2.75, 3.05) is 6.61 Å². The van der Waals surface area contributed by atoms with E-state index in [1.165, 1.54) is 18.4 Å². The van der Waals surface area contributed by atoms with Crippen LogP contribution < -0.4 is 0 Å². The molecule has 0 aliphatic heterocycles. The van der Waals surface area contributed by atoms with E-state index >= 15 is 0 Å². The lowest BCUT2D eigenvalue weighted by molar-refractivity contribution is 0.0525. The van der Waals surface area contributed by atoms with Crippen molar-refractivity contribution in [3.63, 3.8) is 0 Å². The molecular weight excluding hydrogens is 328 g/mol. The molecule has 1 aliphatic rings. The summed E-state index contributed by atoms with van der Waals surface area (Å²) in [5.41, 5.74) is 1.87. The molecule has 0 unspecified atom stereocenters. The predicted molar refractivity (Wildman–Crippen MR) is 106 cm³/mol. The fourth-order valence-electron chi connectivity index (χ4n) is 3.29. The maximum Gasteiger partial charge on any atom is 0.338 e. The van der Waals surface area contributed by atoms with Crippen molar-refractivity contribution >= 4 is 14.3 Å². The molecule has 3 nitrogen and oxygen atoms in total. The molecule has 1 fully saturated rings. The van der Waals surface area contributed by atoms with Crippen LogP contribution in [-0.2, 0) is 9.16 Å². The number of benzene rings is 1. The van der Waals surface area contributed by atoms with Crippen LogP contribution in [0.15, 0.2) is 24.3 Å². The number of rotatable bonds is 5. The van der Waals surface area contributed by atoms with Gasteiger partial charge in [-0.15, -0.1) is 0 Å². The average Bonchev–Trinajstić information content (AvgIpc) is 2.54. The van der Waals surface area contributed by atoms with Crippen molar-refractivity contribution in [2.24, 2.45) is 0 Å². The molecule has 0 spiro atoms. The summed E-state index contributed by atoms with van der Waals surface area (Å²) in [5.74, 6) is 0.138. The number of hydrogen-bond donors (Lipinski definition) is 0. The second-order valence-electron chi connectivity index (χ2n) is 8.65. The maximum atomic E-state index is 12.1. The third kappa shape index (κ3) is 4.95. The van der Waals surface area contributed by atoms with Gasteiger partial charge in [-0.05, 0) is 55.6 Å². The lowest BCUT2D eigenvalue weighted by atomic mass is 9.81. The van der Waals surface area contributed by atoms with E-state index in [9.17, 15) is 4.79 Å². The van der Waals surface area contributed by atoms with Gasteiger partial charge in [0.25, 0.3) is 0 Å². The van der Waals surface area contributed by atoms with E-state index in [2.05, 4.69) is 39.9 Å². The molecule has 0 amide bonds. The van der Waals surface area contributed by atoms with Gasteiger partial charge in [-0.25, -0.2) is 4.79 Å². The highest BCUT2D eigenvalue weighted by Crippen LogP contribution is 2.42. The standard InChI is InChI=1S/C21H34O3Si/c1-7-23-20(22)17-12-10-11-16(15-17)18-13-8-9-14-19(18)24-25(5,6)21(2,3)4/h10-12,15,18-19H,7-9,13-14H2,1-6H3/t18-,19+/m0/s1. The van der Waals surface area contributed by atoms with E-state index in [0.717, 1.165) is 12.8 Å². The Hall–Kier alpha value is -1.13. The number of carbonyl (C=O) groups excluding carboxylic acids is 1. The van der Waals surface area contributed by atoms with Crippen LogP contribution >= 0.6 is 0 Å². The molecular formula is C21H34O3Si. The summed E-state index contributed by atoms with van der Waals surface area (Å²) >= 11 is 0. The van der Waals surface area contributed by atoms with Crippen LogP contribution in [0.1, 0.15) is 75.2 Å². The first-order valence-corrected chi connectivity index (χ1v) is 12.5. The van der Waals surface area contributed by atoms with Gasteiger partial charge in [-0.3, -0.25) is 0 Å². The molecule has 2 rings (SSSR count). The first kappa shape index (κ1) is 20.2. The zero-order valence-corrected chi connectivity index (χ0v) is 17.7. The molecule has 4 heteroatoms. The van der Waals surface area contributed by atoms with Crippen molar-refractivity contribution in [1.29, 1.82) is 0 Å². The highest BCUT2D eigenvalue weighted by atomic mass is 28.4. The molecule has 0 N–H and O–H groups in total. The average molecular weight is 363 g/mol. The Balaban J connectivity index is 2.23. The van der Waals surface area contributed by atoms with Gasteiger partial charge in [0.15, 0.2) is 8.32 Å². The van der Waals surface area contributed by atoms with Crippen LogP contribution in [0.2, 0.25) is 18.1 Å². The van der Waals surface area contributed by atoms with E-state index in [-0.39, 0.29) is 17.1 Å². The minimum atomic E-state index is -1.81. The number of esters is 1. The summed E-state index contributed by atoms with van der Waals surface area (Å²) in [6.45, 7) is 13.8. The molecule has 25 heavy (non-hydrogen) atoms. The topological polar surface area (TPSA) is 35.5 Å². The molecule has 140 valence electrons. The molecule has 0 aromatic heterocycles. The monoisotopic (exact) mass is 362 g/mol.